The van der Waals surface area contributed by atoms with Gasteiger partial charge in [0.2, 0.25) is 15.9 Å². The third-order valence-electron chi connectivity index (χ3n) is 4.08. The molecule has 6 heteroatoms. The molecule has 0 saturated heterocycles. The first-order valence-electron chi connectivity index (χ1n) is 8.05. The fourth-order valence-electron chi connectivity index (χ4n) is 2.66. The van der Waals surface area contributed by atoms with E-state index in [1.807, 2.05) is 18.2 Å². The van der Waals surface area contributed by atoms with Crippen molar-refractivity contribution in [2.75, 3.05) is 4.31 Å². The lowest BCUT2D eigenvalue weighted by Crippen LogP contribution is -2.41. The van der Waals surface area contributed by atoms with E-state index in [2.05, 4.69) is 0 Å². The van der Waals surface area contributed by atoms with Crippen LogP contribution in [0.2, 0.25) is 0 Å². The molecule has 0 aliphatic heterocycles. The minimum Gasteiger partial charge on any atom is -0.273 e. The van der Waals surface area contributed by atoms with E-state index < -0.39 is 21.2 Å². The summed E-state index contributed by atoms with van der Waals surface area (Å²) < 4.78 is 26.3. The Labute approximate surface area is 143 Å². The topological polar surface area (TPSA) is 78.2 Å². The Bertz CT molecular complexity index is 758. The Kier molecular flexibility index (Phi) is 5.79. The van der Waals surface area contributed by atoms with Crippen LogP contribution in [0.1, 0.15) is 38.7 Å². The van der Waals surface area contributed by atoms with E-state index >= 15 is 0 Å². The van der Waals surface area contributed by atoms with Gasteiger partial charge in [-0.2, -0.15) is 5.26 Å². The fourth-order valence-corrected chi connectivity index (χ4v) is 3.85. The van der Waals surface area contributed by atoms with Gasteiger partial charge in [0.05, 0.1) is 23.4 Å². The van der Waals surface area contributed by atoms with Crippen molar-refractivity contribution in [1.82, 2.24) is 0 Å². The van der Waals surface area contributed by atoms with Crippen molar-refractivity contribution >= 4 is 21.6 Å². The zero-order valence-electron chi connectivity index (χ0n) is 14.0. The van der Waals surface area contributed by atoms with Crippen molar-refractivity contribution in [3.63, 3.8) is 0 Å². The van der Waals surface area contributed by atoms with Crippen LogP contribution in [0.4, 0.5) is 5.69 Å². The molecular formula is C18H22N2O3S. The van der Waals surface area contributed by atoms with Gasteiger partial charge in [-0.05, 0) is 50.3 Å². The molecule has 0 saturated carbocycles. The van der Waals surface area contributed by atoms with Crippen LogP contribution in [0, 0.1) is 17.2 Å². The molecule has 1 aliphatic carbocycles. The lowest BCUT2D eigenvalue weighted by molar-refractivity contribution is -0.118. The summed E-state index contributed by atoms with van der Waals surface area (Å²) in [5.74, 6) is -0.312. The zero-order valence-corrected chi connectivity index (χ0v) is 14.8. The number of nitriles is 1. The molecule has 1 amide bonds. The molecule has 0 bridgehead atoms. The molecule has 1 aromatic carbocycles. The Hall–Kier alpha value is -2.13. The molecule has 0 heterocycles. The molecule has 1 atom stereocenters. The van der Waals surface area contributed by atoms with Crippen molar-refractivity contribution in [2.45, 2.75) is 44.8 Å². The number of hydrogen-bond donors (Lipinski definition) is 0. The van der Waals surface area contributed by atoms with E-state index in [0.717, 1.165) is 22.7 Å². The van der Waals surface area contributed by atoms with Gasteiger partial charge in [-0.1, -0.05) is 24.3 Å². The standard InChI is InChI=1S/C18H22N2O3S/c1-14(2)24(22,23)20(18(21)13-16-5-3-4-6-16)17-9-7-15(8-10-17)11-12-19/h3,5,7-10,14,16H,4,6,11,13H2,1-2H3. The second-order valence-corrected chi connectivity index (χ2v) is 8.56. The number of anilines is 1. The van der Waals surface area contributed by atoms with Crippen LogP contribution in [0.5, 0.6) is 0 Å². The van der Waals surface area contributed by atoms with Crippen molar-refractivity contribution in [3.8, 4) is 6.07 Å². The molecule has 24 heavy (non-hydrogen) atoms. The molecule has 0 radical (unpaired) electrons. The van der Waals surface area contributed by atoms with Gasteiger partial charge in [0.1, 0.15) is 0 Å². The molecule has 0 aromatic heterocycles. The van der Waals surface area contributed by atoms with Gasteiger partial charge in [0.25, 0.3) is 0 Å². The molecule has 1 unspecified atom stereocenters. The van der Waals surface area contributed by atoms with Crippen LogP contribution in [0.15, 0.2) is 36.4 Å². The van der Waals surface area contributed by atoms with E-state index in [0.29, 0.717) is 5.69 Å². The summed E-state index contributed by atoms with van der Waals surface area (Å²) in [5, 5.41) is 8.04. The third kappa shape index (κ3) is 4.04. The highest BCUT2D eigenvalue weighted by atomic mass is 32.2. The summed E-state index contributed by atoms with van der Waals surface area (Å²) >= 11 is 0. The zero-order chi connectivity index (χ0) is 17.7. The summed E-state index contributed by atoms with van der Waals surface area (Å²) in [7, 11) is -3.76. The maximum atomic E-state index is 12.7. The number of hydrogen-bond acceptors (Lipinski definition) is 4. The average Bonchev–Trinajstić information content (AvgIpc) is 3.02. The lowest BCUT2D eigenvalue weighted by Gasteiger charge is -2.25. The molecule has 1 aliphatic rings. The summed E-state index contributed by atoms with van der Waals surface area (Å²) in [6, 6.07) is 8.60. The quantitative estimate of drug-likeness (QED) is 0.741. The maximum absolute atomic E-state index is 12.7. The van der Waals surface area contributed by atoms with Crippen LogP contribution in [-0.2, 0) is 21.2 Å². The minimum absolute atomic E-state index is 0.0974. The van der Waals surface area contributed by atoms with Gasteiger partial charge >= 0.3 is 0 Å². The summed E-state index contributed by atoms with van der Waals surface area (Å²) in [6.07, 6.45) is 6.24. The van der Waals surface area contributed by atoms with Crippen molar-refractivity contribution in [3.05, 3.63) is 42.0 Å². The van der Waals surface area contributed by atoms with Gasteiger partial charge in [0.15, 0.2) is 0 Å². The molecule has 5 nitrogen and oxygen atoms in total. The predicted octanol–water partition coefficient (Wildman–Crippen LogP) is 3.18. The molecular weight excluding hydrogens is 324 g/mol. The molecule has 2 rings (SSSR count). The maximum Gasteiger partial charge on any atom is 0.244 e. The molecule has 0 spiro atoms. The summed E-state index contributed by atoms with van der Waals surface area (Å²) in [6.45, 7) is 3.13. The fraction of sp³-hybridized carbons (Fsp3) is 0.444. The van der Waals surface area contributed by atoms with Gasteiger partial charge in [-0.15, -0.1) is 0 Å². The number of rotatable bonds is 6. The van der Waals surface area contributed by atoms with E-state index in [1.54, 1.807) is 38.1 Å². The first-order chi connectivity index (χ1) is 11.4. The van der Waals surface area contributed by atoms with Gasteiger partial charge in [-0.3, -0.25) is 4.79 Å². The highest BCUT2D eigenvalue weighted by Crippen LogP contribution is 2.27. The first-order valence-corrected chi connectivity index (χ1v) is 9.56. The largest absolute Gasteiger partial charge is 0.273 e. The van der Waals surface area contributed by atoms with Crippen LogP contribution in [-0.4, -0.2) is 19.6 Å². The van der Waals surface area contributed by atoms with E-state index in [4.69, 9.17) is 5.26 Å². The Balaban J connectivity index is 2.33. The Morgan fingerprint density at radius 3 is 2.50 bits per heavy atom. The van der Waals surface area contributed by atoms with Crippen LogP contribution in [0.25, 0.3) is 0 Å². The van der Waals surface area contributed by atoms with Gasteiger partial charge in [0, 0.05) is 6.42 Å². The third-order valence-corrected chi connectivity index (χ3v) is 6.19. The Morgan fingerprint density at radius 1 is 1.33 bits per heavy atom. The second-order valence-electron chi connectivity index (χ2n) is 6.22. The summed E-state index contributed by atoms with van der Waals surface area (Å²) in [4.78, 5) is 12.7. The van der Waals surface area contributed by atoms with Crippen LogP contribution < -0.4 is 4.31 Å². The SMILES string of the molecule is CC(C)S(=O)(=O)N(C(=O)CC1C=CCC1)c1ccc(CC#N)cc1. The highest BCUT2D eigenvalue weighted by molar-refractivity contribution is 7.94. The predicted molar refractivity (Wildman–Crippen MR) is 93.8 cm³/mol. The number of sulfonamides is 1. The number of allylic oxidation sites excluding steroid dienone is 2. The number of amides is 1. The normalized spacial score (nSPS) is 17.0. The van der Waals surface area contributed by atoms with Gasteiger partial charge < -0.3 is 0 Å². The molecule has 0 fully saturated rings. The number of carbonyl (C=O) groups is 1. The second kappa shape index (κ2) is 7.63. The average molecular weight is 346 g/mol. The smallest absolute Gasteiger partial charge is 0.244 e. The van der Waals surface area contributed by atoms with Crippen molar-refractivity contribution < 1.29 is 13.2 Å². The number of benzene rings is 1. The molecule has 0 N–H and O–H groups in total. The van der Waals surface area contributed by atoms with E-state index in [-0.39, 0.29) is 18.8 Å². The van der Waals surface area contributed by atoms with Crippen molar-refractivity contribution in [1.29, 1.82) is 5.26 Å². The van der Waals surface area contributed by atoms with Crippen LogP contribution in [0.3, 0.4) is 0 Å². The van der Waals surface area contributed by atoms with E-state index in [1.165, 1.54) is 0 Å². The van der Waals surface area contributed by atoms with Crippen LogP contribution >= 0.6 is 0 Å². The first kappa shape index (κ1) is 18.2. The van der Waals surface area contributed by atoms with Crippen molar-refractivity contribution in [2.24, 2.45) is 5.92 Å². The number of carbonyl (C=O) groups excluding carboxylic acids is 1. The van der Waals surface area contributed by atoms with E-state index in [9.17, 15) is 13.2 Å². The lowest BCUT2D eigenvalue weighted by atomic mass is 10.0. The van der Waals surface area contributed by atoms with Gasteiger partial charge in [-0.25, -0.2) is 12.7 Å². The Morgan fingerprint density at radius 2 is 2.00 bits per heavy atom. The minimum atomic E-state index is -3.76. The molecule has 1 aromatic rings. The molecule has 128 valence electrons. The monoisotopic (exact) mass is 346 g/mol. The highest BCUT2D eigenvalue weighted by Gasteiger charge is 2.33. The summed E-state index contributed by atoms with van der Waals surface area (Å²) in [5.41, 5.74) is 1.12. The number of nitrogens with zero attached hydrogens (tertiary/aromatic N) is 2.